The van der Waals surface area contributed by atoms with Gasteiger partial charge in [0.15, 0.2) is 0 Å². The number of halogens is 2. The molecule has 2 aromatic rings. The fourth-order valence-electron chi connectivity index (χ4n) is 3.91. The minimum atomic E-state index is -3.73. The summed E-state index contributed by atoms with van der Waals surface area (Å²) in [6.45, 7) is 5.08. The molecule has 174 valence electrons. The smallest absolute Gasteiger partial charge is 0.243 e. The highest BCUT2D eigenvalue weighted by atomic mass is 35.5. The lowest BCUT2D eigenvalue weighted by Gasteiger charge is -2.28. The molecule has 1 atom stereocenters. The van der Waals surface area contributed by atoms with Crippen LogP contribution in [-0.2, 0) is 27.9 Å². The van der Waals surface area contributed by atoms with Crippen molar-refractivity contribution in [3.8, 4) is 0 Å². The molecule has 0 bridgehead atoms. The molecule has 1 amide bonds. The molecule has 0 aromatic heterocycles. The van der Waals surface area contributed by atoms with Crippen LogP contribution in [0.1, 0.15) is 37.3 Å². The van der Waals surface area contributed by atoms with E-state index in [9.17, 15) is 13.2 Å². The first kappa shape index (κ1) is 24.8. The SMILES string of the molecule is CC(C(=O)NCc1ccc(CN2CCCCC2)cc1)N(c1ccc(Cl)c(Cl)c1)S(C)(=O)=O. The molecule has 0 aliphatic carbocycles. The van der Waals surface area contributed by atoms with E-state index in [1.807, 2.05) is 12.1 Å². The number of anilines is 1. The normalized spacial score (nSPS) is 15.9. The zero-order valence-corrected chi connectivity index (χ0v) is 20.7. The van der Waals surface area contributed by atoms with Crippen LogP contribution in [0.3, 0.4) is 0 Å². The molecule has 1 heterocycles. The molecule has 3 rings (SSSR count). The maximum atomic E-state index is 12.8. The number of rotatable bonds is 8. The largest absolute Gasteiger partial charge is 0.350 e. The summed E-state index contributed by atoms with van der Waals surface area (Å²) in [5, 5.41) is 3.36. The van der Waals surface area contributed by atoms with E-state index in [0.717, 1.165) is 35.8 Å². The van der Waals surface area contributed by atoms with Crippen molar-refractivity contribution in [1.29, 1.82) is 0 Å². The number of benzene rings is 2. The molecule has 0 radical (unpaired) electrons. The average Bonchev–Trinajstić information content (AvgIpc) is 2.75. The van der Waals surface area contributed by atoms with E-state index in [4.69, 9.17) is 23.2 Å². The van der Waals surface area contributed by atoms with Gasteiger partial charge in [-0.1, -0.05) is 53.9 Å². The fraction of sp³-hybridized carbons (Fsp3) is 0.435. The lowest BCUT2D eigenvalue weighted by atomic mass is 10.1. The van der Waals surface area contributed by atoms with Crippen molar-refractivity contribution >= 4 is 44.8 Å². The molecular formula is C23H29Cl2N3O3S. The van der Waals surface area contributed by atoms with Gasteiger partial charge in [0.05, 0.1) is 22.0 Å². The molecule has 0 spiro atoms. The number of sulfonamides is 1. The third-order valence-electron chi connectivity index (χ3n) is 5.59. The lowest BCUT2D eigenvalue weighted by Crippen LogP contribution is -2.47. The van der Waals surface area contributed by atoms with Gasteiger partial charge in [-0.2, -0.15) is 0 Å². The van der Waals surface area contributed by atoms with Crippen LogP contribution in [0.15, 0.2) is 42.5 Å². The molecule has 1 aliphatic rings. The Balaban J connectivity index is 1.62. The zero-order valence-electron chi connectivity index (χ0n) is 18.4. The molecule has 1 fully saturated rings. The highest BCUT2D eigenvalue weighted by Gasteiger charge is 2.29. The fourth-order valence-corrected chi connectivity index (χ4v) is 5.37. The van der Waals surface area contributed by atoms with Gasteiger partial charge in [0.2, 0.25) is 15.9 Å². The van der Waals surface area contributed by atoms with E-state index in [1.165, 1.54) is 43.0 Å². The Labute approximate surface area is 200 Å². The molecule has 9 heteroatoms. The summed E-state index contributed by atoms with van der Waals surface area (Å²) in [5.74, 6) is -0.404. The highest BCUT2D eigenvalue weighted by Crippen LogP contribution is 2.29. The first-order chi connectivity index (χ1) is 15.1. The van der Waals surface area contributed by atoms with Gasteiger partial charge < -0.3 is 5.32 Å². The van der Waals surface area contributed by atoms with Crippen molar-refractivity contribution in [3.05, 3.63) is 63.6 Å². The van der Waals surface area contributed by atoms with Crippen LogP contribution in [0.4, 0.5) is 5.69 Å². The molecular weight excluding hydrogens is 469 g/mol. The molecule has 32 heavy (non-hydrogen) atoms. The number of amides is 1. The Bertz CT molecular complexity index is 1040. The van der Waals surface area contributed by atoms with Gasteiger partial charge in [-0.15, -0.1) is 0 Å². The molecule has 6 nitrogen and oxygen atoms in total. The maximum absolute atomic E-state index is 12.8. The number of nitrogens with zero attached hydrogens (tertiary/aromatic N) is 2. The minimum Gasteiger partial charge on any atom is -0.350 e. The molecule has 2 aromatic carbocycles. The first-order valence-electron chi connectivity index (χ1n) is 10.7. The highest BCUT2D eigenvalue weighted by molar-refractivity contribution is 7.92. The van der Waals surface area contributed by atoms with Crippen LogP contribution in [0.25, 0.3) is 0 Å². The second-order valence-corrected chi connectivity index (χ2v) is 10.9. The van der Waals surface area contributed by atoms with Crippen LogP contribution in [0, 0.1) is 0 Å². The first-order valence-corrected chi connectivity index (χ1v) is 13.3. The molecule has 1 aliphatic heterocycles. The van der Waals surface area contributed by atoms with Crippen LogP contribution in [0.5, 0.6) is 0 Å². The lowest BCUT2D eigenvalue weighted by molar-refractivity contribution is -0.122. The van der Waals surface area contributed by atoms with E-state index in [2.05, 4.69) is 22.3 Å². The number of hydrogen-bond donors (Lipinski definition) is 1. The maximum Gasteiger partial charge on any atom is 0.243 e. The van der Waals surface area contributed by atoms with Gasteiger partial charge >= 0.3 is 0 Å². The third kappa shape index (κ3) is 6.61. The predicted molar refractivity (Wildman–Crippen MR) is 131 cm³/mol. The van der Waals surface area contributed by atoms with E-state index in [1.54, 1.807) is 6.92 Å². The number of nitrogens with one attached hydrogen (secondary N) is 1. The van der Waals surface area contributed by atoms with E-state index >= 15 is 0 Å². The van der Waals surface area contributed by atoms with Crippen molar-refractivity contribution in [1.82, 2.24) is 10.2 Å². The topological polar surface area (TPSA) is 69.7 Å². The summed E-state index contributed by atoms with van der Waals surface area (Å²) in [7, 11) is -3.73. The Morgan fingerprint density at radius 3 is 2.25 bits per heavy atom. The summed E-state index contributed by atoms with van der Waals surface area (Å²) < 4.78 is 25.9. The minimum absolute atomic E-state index is 0.218. The molecule has 0 saturated carbocycles. The van der Waals surface area contributed by atoms with Gasteiger partial charge in [-0.25, -0.2) is 8.42 Å². The summed E-state index contributed by atoms with van der Waals surface area (Å²) in [5.41, 5.74) is 2.48. The Kier molecular flexibility index (Phi) is 8.44. The van der Waals surface area contributed by atoms with Crippen LogP contribution in [0.2, 0.25) is 10.0 Å². The third-order valence-corrected chi connectivity index (χ3v) is 7.57. The van der Waals surface area contributed by atoms with Crippen molar-refractivity contribution in [2.75, 3.05) is 23.7 Å². The van der Waals surface area contributed by atoms with Gasteiger partial charge in [0, 0.05) is 13.1 Å². The number of carbonyl (C=O) groups is 1. The standard InChI is InChI=1S/C23H29Cl2N3O3S/c1-17(28(32(2,30)31)20-10-11-21(24)22(25)14-20)23(29)26-15-18-6-8-19(9-7-18)16-27-12-4-3-5-13-27/h6-11,14,17H,3-5,12-13,15-16H2,1-2H3,(H,26,29). The van der Waals surface area contributed by atoms with Gasteiger partial charge in [0.1, 0.15) is 6.04 Å². The van der Waals surface area contributed by atoms with Crippen molar-refractivity contribution < 1.29 is 13.2 Å². The average molecular weight is 498 g/mol. The van der Waals surface area contributed by atoms with Gasteiger partial charge in [0.25, 0.3) is 0 Å². The van der Waals surface area contributed by atoms with Gasteiger partial charge in [-0.3, -0.25) is 14.0 Å². The molecule has 1 saturated heterocycles. The molecule has 1 unspecified atom stereocenters. The Morgan fingerprint density at radius 1 is 1.03 bits per heavy atom. The second-order valence-electron chi connectivity index (χ2n) is 8.20. The van der Waals surface area contributed by atoms with E-state index in [0.29, 0.717) is 11.6 Å². The van der Waals surface area contributed by atoms with Crippen LogP contribution >= 0.6 is 23.2 Å². The second kappa shape index (κ2) is 10.9. The predicted octanol–water partition coefficient (Wildman–Crippen LogP) is 4.45. The summed E-state index contributed by atoms with van der Waals surface area (Å²) >= 11 is 12.0. The summed E-state index contributed by atoms with van der Waals surface area (Å²) in [4.78, 5) is 15.2. The Morgan fingerprint density at radius 2 is 1.66 bits per heavy atom. The van der Waals surface area contributed by atoms with Crippen LogP contribution < -0.4 is 9.62 Å². The van der Waals surface area contributed by atoms with E-state index in [-0.39, 0.29) is 10.7 Å². The van der Waals surface area contributed by atoms with Crippen molar-refractivity contribution in [3.63, 3.8) is 0 Å². The van der Waals surface area contributed by atoms with Crippen molar-refractivity contribution in [2.24, 2.45) is 0 Å². The zero-order chi connectivity index (χ0) is 23.3. The number of carbonyl (C=O) groups excluding carboxylic acids is 1. The molecule has 1 N–H and O–H groups in total. The monoisotopic (exact) mass is 497 g/mol. The summed E-state index contributed by atoms with van der Waals surface area (Å²) in [6.07, 6.45) is 4.89. The van der Waals surface area contributed by atoms with Gasteiger partial charge in [-0.05, 0) is 62.2 Å². The van der Waals surface area contributed by atoms with Crippen LogP contribution in [-0.4, -0.2) is 44.6 Å². The number of piperidine rings is 1. The quantitative estimate of drug-likeness (QED) is 0.584. The Hall–Kier alpha value is -1.80. The number of hydrogen-bond acceptors (Lipinski definition) is 4. The number of likely N-dealkylation sites (tertiary alicyclic amines) is 1. The summed E-state index contributed by atoms with van der Waals surface area (Å²) in [6, 6.07) is 11.7. The van der Waals surface area contributed by atoms with Crippen molar-refractivity contribution in [2.45, 2.75) is 45.3 Å². The van der Waals surface area contributed by atoms with E-state index < -0.39 is 22.0 Å².